The van der Waals surface area contributed by atoms with Crippen LogP contribution in [0.3, 0.4) is 0 Å². The first-order chi connectivity index (χ1) is 9.60. The SMILES string of the molecule is CCCOc1cc(Oc2ccc(C)cc2C)ccc1N. The molecule has 2 rings (SSSR count). The number of nitrogen functional groups attached to an aromatic ring is 1. The third kappa shape index (κ3) is 3.44. The van der Waals surface area contributed by atoms with Crippen molar-refractivity contribution in [1.82, 2.24) is 0 Å². The van der Waals surface area contributed by atoms with E-state index in [1.807, 2.05) is 37.3 Å². The molecule has 2 N–H and O–H groups in total. The van der Waals surface area contributed by atoms with Crippen LogP contribution in [0.5, 0.6) is 17.2 Å². The van der Waals surface area contributed by atoms with Crippen molar-refractivity contribution in [2.45, 2.75) is 27.2 Å². The molecule has 0 atom stereocenters. The standard InChI is InChI=1S/C17H21NO2/c1-4-9-19-17-11-14(6-7-15(17)18)20-16-8-5-12(2)10-13(16)3/h5-8,10-11H,4,9,18H2,1-3H3. The topological polar surface area (TPSA) is 44.5 Å². The van der Waals surface area contributed by atoms with Gasteiger partial charge in [-0.15, -0.1) is 0 Å². The monoisotopic (exact) mass is 271 g/mol. The van der Waals surface area contributed by atoms with Gasteiger partial charge in [-0.3, -0.25) is 0 Å². The molecule has 0 aromatic heterocycles. The molecule has 0 aliphatic heterocycles. The van der Waals surface area contributed by atoms with E-state index < -0.39 is 0 Å². The van der Waals surface area contributed by atoms with Crippen molar-refractivity contribution >= 4 is 5.69 Å². The van der Waals surface area contributed by atoms with Crippen molar-refractivity contribution in [1.29, 1.82) is 0 Å². The number of hydrogen-bond acceptors (Lipinski definition) is 3. The predicted octanol–water partition coefficient (Wildman–Crippen LogP) is 4.47. The lowest BCUT2D eigenvalue weighted by Crippen LogP contribution is -1.99. The summed E-state index contributed by atoms with van der Waals surface area (Å²) in [5.41, 5.74) is 8.85. The molecule has 0 saturated carbocycles. The van der Waals surface area contributed by atoms with Crippen molar-refractivity contribution in [2.75, 3.05) is 12.3 Å². The fourth-order valence-electron chi connectivity index (χ4n) is 1.96. The van der Waals surface area contributed by atoms with Gasteiger partial charge in [0.15, 0.2) is 0 Å². The second-order valence-corrected chi connectivity index (χ2v) is 4.92. The Balaban J connectivity index is 2.20. The van der Waals surface area contributed by atoms with Crippen LogP contribution in [0.25, 0.3) is 0 Å². The van der Waals surface area contributed by atoms with Crippen LogP contribution in [-0.4, -0.2) is 6.61 Å². The molecule has 3 heteroatoms. The zero-order valence-corrected chi connectivity index (χ0v) is 12.3. The van der Waals surface area contributed by atoms with E-state index in [2.05, 4.69) is 19.9 Å². The van der Waals surface area contributed by atoms with Gasteiger partial charge in [-0.05, 0) is 44.0 Å². The highest BCUT2D eigenvalue weighted by Crippen LogP contribution is 2.31. The zero-order valence-electron chi connectivity index (χ0n) is 12.3. The molecule has 20 heavy (non-hydrogen) atoms. The summed E-state index contributed by atoms with van der Waals surface area (Å²) in [5, 5.41) is 0. The predicted molar refractivity (Wildman–Crippen MR) is 82.6 cm³/mol. The Kier molecular flexibility index (Phi) is 4.51. The van der Waals surface area contributed by atoms with Gasteiger partial charge in [0.05, 0.1) is 12.3 Å². The van der Waals surface area contributed by atoms with Crippen molar-refractivity contribution in [2.24, 2.45) is 0 Å². The molecule has 0 unspecified atom stereocenters. The van der Waals surface area contributed by atoms with Gasteiger partial charge >= 0.3 is 0 Å². The minimum Gasteiger partial charge on any atom is -0.491 e. The molecular weight excluding hydrogens is 250 g/mol. The van der Waals surface area contributed by atoms with E-state index >= 15 is 0 Å². The summed E-state index contributed by atoms with van der Waals surface area (Å²) in [4.78, 5) is 0. The molecule has 0 saturated heterocycles. The number of aryl methyl sites for hydroxylation is 2. The van der Waals surface area contributed by atoms with Crippen molar-refractivity contribution < 1.29 is 9.47 Å². The first-order valence-electron chi connectivity index (χ1n) is 6.87. The third-order valence-electron chi connectivity index (χ3n) is 3.00. The van der Waals surface area contributed by atoms with E-state index in [9.17, 15) is 0 Å². The molecule has 3 nitrogen and oxygen atoms in total. The Bertz CT molecular complexity index is 594. The first-order valence-corrected chi connectivity index (χ1v) is 6.87. The van der Waals surface area contributed by atoms with E-state index in [1.54, 1.807) is 0 Å². The summed E-state index contributed by atoms with van der Waals surface area (Å²) < 4.78 is 11.5. The quantitative estimate of drug-likeness (QED) is 0.816. The van der Waals surface area contributed by atoms with Crippen LogP contribution in [0.4, 0.5) is 5.69 Å². The lowest BCUT2D eigenvalue weighted by Gasteiger charge is -2.12. The molecule has 2 aromatic carbocycles. The van der Waals surface area contributed by atoms with Gasteiger partial charge in [0.1, 0.15) is 17.2 Å². The largest absolute Gasteiger partial charge is 0.491 e. The Labute approximate surface area is 120 Å². The number of benzene rings is 2. The number of hydrogen-bond donors (Lipinski definition) is 1. The van der Waals surface area contributed by atoms with Crippen LogP contribution < -0.4 is 15.2 Å². The number of rotatable bonds is 5. The highest BCUT2D eigenvalue weighted by atomic mass is 16.5. The zero-order chi connectivity index (χ0) is 14.5. The molecule has 0 aliphatic carbocycles. The smallest absolute Gasteiger partial charge is 0.145 e. The molecular formula is C17H21NO2. The number of ether oxygens (including phenoxy) is 2. The summed E-state index contributed by atoms with van der Waals surface area (Å²) in [6.07, 6.45) is 0.946. The highest BCUT2D eigenvalue weighted by molar-refractivity contribution is 5.56. The van der Waals surface area contributed by atoms with E-state index in [0.29, 0.717) is 18.0 Å². The molecule has 106 valence electrons. The van der Waals surface area contributed by atoms with E-state index in [4.69, 9.17) is 15.2 Å². The number of nitrogens with two attached hydrogens (primary N) is 1. The maximum Gasteiger partial charge on any atom is 0.145 e. The maximum atomic E-state index is 5.90. The van der Waals surface area contributed by atoms with Gasteiger partial charge in [-0.1, -0.05) is 24.6 Å². The molecule has 0 bridgehead atoms. The lowest BCUT2D eigenvalue weighted by molar-refractivity contribution is 0.317. The average Bonchev–Trinajstić information content (AvgIpc) is 2.42. The fourth-order valence-corrected chi connectivity index (χ4v) is 1.96. The summed E-state index contributed by atoms with van der Waals surface area (Å²) in [5.74, 6) is 2.26. The Hall–Kier alpha value is -2.16. The van der Waals surface area contributed by atoms with Crippen LogP contribution in [0.15, 0.2) is 36.4 Å². The van der Waals surface area contributed by atoms with E-state index in [1.165, 1.54) is 5.56 Å². The summed E-state index contributed by atoms with van der Waals surface area (Å²) >= 11 is 0. The Morgan fingerprint density at radius 1 is 1.00 bits per heavy atom. The third-order valence-corrected chi connectivity index (χ3v) is 3.00. The van der Waals surface area contributed by atoms with Crippen molar-refractivity contribution in [3.63, 3.8) is 0 Å². The van der Waals surface area contributed by atoms with Gasteiger partial charge in [0.2, 0.25) is 0 Å². The minimum absolute atomic E-state index is 0.631. The molecule has 0 heterocycles. The van der Waals surface area contributed by atoms with Crippen LogP contribution in [0.1, 0.15) is 24.5 Å². The van der Waals surface area contributed by atoms with Crippen LogP contribution in [0.2, 0.25) is 0 Å². The average molecular weight is 271 g/mol. The molecule has 0 fully saturated rings. The summed E-state index contributed by atoms with van der Waals surface area (Å²) in [6.45, 7) is 6.81. The Morgan fingerprint density at radius 2 is 1.80 bits per heavy atom. The van der Waals surface area contributed by atoms with Crippen LogP contribution in [0, 0.1) is 13.8 Å². The molecule has 0 radical (unpaired) electrons. The normalized spacial score (nSPS) is 10.3. The van der Waals surface area contributed by atoms with Crippen LogP contribution in [-0.2, 0) is 0 Å². The highest BCUT2D eigenvalue weighted by Gasteiger charge is 2.06. The molecule has 2 aromatic rings. The van der Waals surface area contributed by atoms with Crippen molar-refractivity contribution in [3.8, 4) is 17.2 Å². The van der Waals surface area contributed by atoms with Crippen LogP contribution >= 0.6 is 0 Å². The van der Waals surface area contributed by atoms with Crippen molar-refractivity contribution in [3.05, 3.63) is 47.5 Å². The second-order valence-electron chi connectivity index (χ2n) is 4.92. The van der Waals surface area contributed by atoms with E-state index in [0.717, 1.165) is 23.5 Å². The fraction of sp³-hybridized carbons (Fsp3) is 0.294. The minimum atomic E-state index is 0.631. The summed E-state index contributed by atoms with van der Waals surface area (Å²) in [7, 11) is 0. The van der Waals surface area contributed by atoms with Gasteiger partial charge < -0.3 is 15.2 Å². The lowest BCUT2D eigenvalue weighted by atomic mass is 10.1. The second kappa shape index (κ2) is 6.33. The molecule has 0 aliphatic rings. The van der Waals surface area contributed by atoms with Gasteiger partial charge in [0, 0.05) is 6.07 Å². The first kappa shape index (κ1) is 14.3. The number of anilines is 1. The molecule has 0 amide bonds. The van der Waals surface area contributed by atoms with Gasteiger partial charge in [-0.2, -0.15) is 0 Å². The van der Waals surface area contributed by atoms with Gasteiger partial charge in [0.25, 0.3) is 0 Å². The summed E-state index contributed by atoms with van der Waals surface area (Å²) in [6, 6.07) is 11.6. The Morgan fingerprint density at radius 3 is 2.50 bits per heavy atom. The maximum absolute atomic E-state index is 5.90. The van der Waals surface area contributed by atoms with E-state index in [-0.39, 0.29) is 0 Å². The van der Waals surface area contributed by atoms with Gasteiger partial charge in [-0.25, -0.2) is 0 Å². The molecule has 0 spiro atoms.